The fraction of sp³-hybridized carbons (Fsp3) is 0.667. The zero-order valence-electron chi connectivity index (χ0n) is 10.6. The highest BCUT2D eigenvalue weighted by Crippen LogP contribution is 2.04. The van der Waals surface area contributed by atoms with Gasteiger partial charge in [0.15, 0.2) is 0 Å². The number of thiophene rings is 1. The smallest absolute Gasteiger partial charge is 0.407 e. The van der Waals surface area contributed by atoms with E-state index in [1.807, 2.05) is 6.07 Å². The van der Waals surface area contributed by atoms with Crippen molar-refractivity contribution in [2.45, 2.75) is 27.7 Å². The molecule has 0 aromatic carbocycles. The third-order valence-corrected chi connectivity index (χ3v) is 2.83. The van der Waals surface area contributed by atoms with Crippen LogP contribution in [0.3, 0.4) is 0 Å². The van der Waals surface area contributed by atoms with Crippen LogP contribution in [-0.4, -0.2) is 20.3 Å². The lowest BCUT2D eigenvalue weighted by molar-refractivity contribution is 0.173. The van der Waals surface area contributed by atoms with Gasteiger partial charge in [-0.1, -0.05) is 39.8 Å². The first kappa shape index (κ1) is 13.7. The van der Waals surface area contributed by atoms with Crippen LogP contribution in [0, 0.1) is 11.8 Å². The molecular weight excluding hydrogens is 219 g/mol. The second-order valence-electron chi connectivity index (χ2n) is 4.80. The van der Waals surface area contributed by atoms with E-state index < -0.39 is 0 Å². The van der Waals surface area contributed by atoms with Gasteiger partial charge in [0.1, 0.15) is 0 Å². The Morgan fingerprint density at radius 1 is 1.12 bits per heavy atom. The van der Waals surface area contributed by atoms with E-state index in [0.717, 1.165) is 18.0 Å². The summed E-state index contributed by atoms with van der Waals surface area (Å²) in [6.07, 6.45) is 0. The molecule has 1 heterocycles. The zero-order valence-corrected chi connectivity index (χ0v) is 11.4. The van der Waals surface area contributed by atoms with Gasteiger partial charge in [-0.3, -0.25) is 0 Å². The van der Waals surface area contributed by atoms with E-state index in [0.29, 0.717) is 11.8 Å². The molecule has 16 heavy (non-hydrogen) atoms. The van der Waals surface area contributed by atoms with E-state index >= 15 is 0 Å². The topological polar surface area (TPSA) is 18.5 Å². The Labute approximate surface area is 103 Å². The zero-order chi connectivity index (χ0) is 12.0. The minimum atomic E-state index is -0.190. The predicted octanol–water partition coefficient (Wildman–Crippen LogP) is 2.79. The Morgan fingerprint density at radius 2 is 1.69 bits per heavy atom. The summed E-state index contributed by atoms with van der Waals surface area (Å²) >= 11 is 1.68. The maximum absolute atomic E-state index is 5.79. The molecule has 0 atom stereocenters. The Balaban J connectivity index is 2.48. The van der Waals surface area contributed by atoms with Gasteiger partial charge in [0.25, 0.3) is 0 Å². The summed E-state index contributed by atoms with van der Waals surface area (Å²) in [7, 11) is -0.190. The van der Waals surface area contributed by atoms with E-state index in [-0.39, 0.29) is 7.12 Å². The van der Waals surface area contributed by atoms with Crippen LogP contribution in [0.2, 0.25) is 0 Å². The fourth-order valence-corrected chi connectivity index (χ4v) is 1.92. The Hall–Kier alpha value is -0.315. The molecule has 2 nitrogen and oxygen atoms in total. The first-order valence-electron chi connectivity index (χ1n) is 5.86. The van der Waals surface area contributed by atoms with Crippen LogP contribution in [0.5, 0.6) is 0 Å². The number of rotatable bonds is 7. The van der Waals surface area contributed by atoms with Crippen LogP contribution in [-0.2, 0) is 9.31 Å². The molecule has 0 aliphatic rings. The van der Waals surface area contributed by atoms with Crippen LogP contribution in [0.15, 0.2) is 17.5 Å². The molecule has 90 valence electrons. The van der Waals surface area contributed by atoms with Gasteiger partial charge in [-0.2, -0.15) is 11.3 Å². The molecule has 1 aromatic heterocycles. The fourth-order valence-electron chi connectivity index (χ4n) is 1.20. The Morgan fingerprint density at radius 3 is 2.06 bits per heavy atom. The lowest BCUT2D eigenvalue weighted by Gasteiger charge is -2.16. The van der Waals surface area contributed by atoms with Crippen LogP contribution in [0.1, 0.15) is 27.7 Å². The summed E-state index contributed by atoms with van der Waals surface area (Å²) in [5.74, 6) is 1.07. The predicted molar refractivity (Wildman–Crippen MR) is 71.3 cm³/mol. The van der Waals surface area contributed by atoms with Crippen LogP contribution in [0.25, 0.3) is 0 Å². The van der Waals surface area contributed by atoms with Gasteiger partial charge in [0.05, 0.1) is 0 Å². The van der Waals surface area contributed by atoms with E-state index in [2.05, 4.69) is 39.1 Å². The molecule has 4 heteroatoms. The molecular formula is C12H21BO2S. The number of hydrogen-bond acceptors (Lipinski definition) is 3. The van der Waals surface area contributed by atoms with Gasteiger partial charge in [-0.05, 0) is 17.2 Å². The van der Waals surface area contributed by atoms with Crippen LogP contribution < -0.4 is 4.78 Å². The highest BCUT2D eigenvalue weighted by Gasteiger charge is 2.23. The highest BCUT2D eigenvalue weighted by molar-refractivity contribution is 7.20. The van der Waals surface area contributed by atoms with E-state index in [1.54, 1.807) is 11.3 Å². The van der Waals surface area contributed by atoms with Crippen LogP contribution >= 0.6 is 11.3 Å². The third kappa shape index (κ3) is 5.15. The monoisotopic (exact) mass is 240 g/mol. The summed E-state index contributed by atoms with van der Waals surface area (Å²) < 4.78 is 12.7. The molecule has 0 unspecified atom stereocenters. The molecule has 0 saturated heterocycles. The van der Waals surface area contributed by atoms with Crippen molar-refractivity contribution in [2.24, 2.45) is 11.8 Å². The Kier molecular flexibility index (Phi) is 6.10. The van der Waals surface area contributed by atoms with Gasteiger partial charge in [0.2, 0.25) is 0 Å². The van der Waals surface area contributed by atoms with Crippen molar-refractivity contribution in [2.75, 3.05) is 13.2 Å². The Bertz CT molecular complexity index is 261. The van der Waals surface area contributed by atoms with Crippen molar-refractivity contribution in [1.82, 2.24) is 0 Å². The molecule has 0 aliphatic heterocycles. The average molecular weight is 240 g/mol. The van der Waals surface area contributed by atoms with Crippen LogP contribution in [0.4, 0.5) is 0 Å². The maximum atomic E-state index is 5.79. The van der Waals surface area contributed by atoms with Gasteiger partial charge >= 0.3 is 7.12 Å². The van der Waals surface area contributed by atoms with Gasteiger partial charge < -0.3 is 9.31 Å². The standard InChI is InChI=1S/C12H21BO2S/c1-10(2)8-14-13(15-9-11(3)4)12-6-5-7-16-12/h5-7,10-11H,8-9H2,1-4H3. The van der Waals surface area contributed by atoms with Gasteiger partial charge in [-0.25, -0.2) is 0 Å². The first-order chi connectivity index (χ1) is 7.59. The summed E-state index contributed by atoms with van der Waals surface area (Å²) in [4.78, 5) is 0. The molecule has 0 spiro atoms. The molecule has 1 rings (SSSR count). The average Bonchev–Trinajstić information content (AvgIpc) is 2.70. The van der Waals surface area contributed by atoms with Crippen molar-refractivity contribution in [3.63, 3.8) is 0 Å². The quantitative estimate of drug-likeness (QED) is 0.682. The van der Waals surface area contributed by atoms with Crippen molar-refractivity contribution in [3.05, 3.63) is 17.5 Å². The largest absolute Gasteiger partial charge is 0.504 e. The van der Waals surface area contributed by atoms with Crippen molar-refractivity contribution >= 4 is 23.2 Å². The summed E-state index contributed by atoms with van der Waals surface area (Å²) in [5.41, 5.74) is 0. The van der Waals surface area contributed by atoms with Crippen molar-refractivity contribution < 1.29 is 9.31 Å². The van der Waals surface area contributed by atoms with Crippen molar-refractivity contribution in [3.8, 4) is 0 Å². The number of hydrogen-bond donors (Lipinski definition) is 0. The summed E-state index contributed by atoms with van der Waals surface area (Å²) in [6, 6.07) is 4.10. The van der Waals surface area contributed by atoms with E-state index in [1.165, 1.54) is 0 Å². The first-order valence-corrected chi connectivity index (χ1v) is 6.74. The van der Waals surface area contributed by atoms with Gasteiger partial charge in [-0.15, -0.1) is 0 Å². The normalized spacial score (nSPS) is 11.4. The maximum Gasteiger partial charge on any atom is 0.504 e. The minimum Gasteiger partial charge on any atom is -0.407 e. The lowest BCUT2D eigenvalue weighted by Crippen LogP contribution is -2.37. The molecule has 1 aromatic rings. The second kappa shape index (κ2) is 7.10. The minimum absolute atomic E-state index is 0.190. The highest BCUT2D eigenvalue weighted by atomic mass is 32.1. The van der Waals surface area contributed by atoms with Gasteiger partial charge in [0, 0.05) is 18.0 Å². The molecule has 0 bridgehead atoms. The molecule has 0 radical (unpaired) electrons. The summed E-state index contributed by atoms with van der Waals surface area (Å²) in [5, 5.41) is 2.06. The van der Waals surface area contributed by atoms with Crippen molar-refractivity contribution in [1.29, 1.82) is 0 Å². The molecule has 0 saturated carbocycles. The second-order valence-corrected chi connectivity index (χ2v) is 5.78. The van der Waals surface area contributed by atoms with E-state index in [9.17, 15) is 0 Å². The van der Waals surface area contributed by atoms with E-state index in [4.69, 9.17) is 9.31 Å². The molecule has 0 fully saturated rings. The SMILES string of the molecule is CC(C)COB(OCC(C)C)c1cccs1. The molecule has 0 amide bonds. The lowest BCUT2D eigenvalue weighted by atomic mass is 9.87. The third-order valence-electron chi connectivity index (χ3n) is 1.94. The molecule has 0 N–H and O–H groups in total. The summed E-state index contributed by atoms with van der Waals surface area (Å²) in [6.45, 7) is 10.1. The molecule has 0 aliphatic carbocycles.